The molecule has 15 heavy (non-hydrogen) atoms. The normalized spacial score (nSPS) is 22.1. The molecule has 1 amide bonds. The van der Waals surface area contributed by atoms with E-state index in [0.717, 1.165) is 19.5 Å². The molecule has 1 aliphatic rings. The van der Waals surface area contributed by atoms with Crippen LogP contribution >= 0.6 is 0 Å². The number of hydrogen-bond acceptors (Lipinski definition) is 3. The number of likely N-dealkylation sites (tertiary alicyclic amines) is 1. The maximum atomic E-state index is 11.7. The highest BCUT2D eigenvalue weighted by Crippen LogP contribution is 2.15. The van der Waals surface area contributed by atoms with Crippen molar-refractivity contribution in [3.63, 3.8) is 0 Å². The number of rotatable bonds is 3. The fourth-order valence-corrected chi connectivity index (χ4v) is 1.62. The predicted octanol–water partition coefficient (Wildman–Crippen LogP) is 0.609. The zero-order valence-corrected chi connectivity index (χ0v) is 9.95. The molecule has 0 spiro atoms. The van der Waals surface area contributed by atoms with Crippen LogP contribution in [0.25, 0.3) is 0 Å². The van der Waals surface area contributed by atoms with Crippen LogP contribution in [0.15, 0.2) is 0 Å². The standard InChI is InChI=1S/C11H22N2O2/c1-11(2,3)15-8-10(14)13-5-4-9(6-12)7-13/h9H,4-8,12H2,1-3H3. The summed E-state index contributed by atoms with van der Waals surface area (Å²) in [5.41, 5.74) is 5.32. The summed E-state index contributed by atoms with van der Waals surface area (Å²) in [5, 5.41) is 0. The summed E-state index contributed by atoms with van der Waals surface area (Å²) < 4.78 is 5.45. The number of carbonyl (C=O) groups excluding carboxylic acids is 1. The molecule has 1 atom stereocenters. The Balaban J connectivity index is 2.30. The van der Waals surface area contributed by atoms with Crippen molar-refractivity contribution < 1.29 is 9.53 Å². The van der Waals surface area contributed by atoms with Gasteiger partial charge in [-0.1, -0.05) is 0 Å². The Kier molecular flexibility index (Phi) is 4.11. The van der Waals surface area contributed by atoms with Gasteiger partial charge in [-0.2, -0.15) is 0 Å². The first-order chi connectivity index (χ1) is 6.92. The van der Waals surface area contributed by atoms with E-state index >= 15 is 0 Å². The van der Waals surface area contributed by atoms with Gasteiger partial charge in [0.2, 0.25) is 5.91 Å². The van der Waals surface area contributed by atoms with E-state index in [0.29, 0.717) is 12.5 Å². The number of hydrogen-bond donors (Lipinski definition) is 1. The van der Waals surface area contributed by atoms with E-state index in [1.165, 1.54) is 0 Å². The third kappa shape index (κ3) is 4.18. The van der Waals surface area contributed by atoms with E-state index in [1.54, 1.807) is 0 Å². The van der Waals surface area contributed by atoms with Crippen molar-refractivity contribution in [3.05, 3.63) is 0 Å². The van der Waals surface area contributed by atoms with Gasteiger partial charge < -0.3 is 15.4 Å². The van der Waals surface area contributed by atoms with E-state index in [4.69, 9.17) is 10.5 Å². The minimum absolute atomic E-state index is 0.0841. The molecule has 0 saturated carbocycles. The molecule has 4 heteroatoms. The molecule has 0 aromatic rings. The van der Waals surface area contributed by atoms with Crippen LogP contribution in [0.5, 0.6) is 0 Å². The smallest absolute Gasteiger partial charge is 0.248 e. The maximum Gasteiger partial charge on any atom is 0.248 e. The number of nitrogens with zero attached hydrogens (tertiary/aromatic N) is 1. The van der Waals surface area contributed by atoms with Crippen LogP contribution in [0, 0.1) is 5.92 Å². The summed E-state index contributed by atoms with van der Waals surface area (Å²) in [7, 11) is 0. The fourth-order valence-electron chi connectivity index (χ4n) is 1.62. The van der Waals surface area contributed by atoms with Crippen molar-refractivity contribution in [1.29, 1.82) is 0 Å². The van der Waals surface area contributed by atoms with Crippen LogP contribution in [0.3, 0.4) is 0 Å². The van der Waals surface area contributed by atoms with Gasteiger partial charge in [-0.05, 0) is 39.7 Å². The van der Waals surface area contributed by atoms with Crippen LogP contribution in [0.2, 0.25) is 0 Å². The summed E-state index contributed by atoms with van der Waals surface area (Å²) in [6.45, 7) is 8.33. The van der Waals surface area contributed by atoms with Crippen molar-refractivity contribution in [3.8, 4) is 0 Å². The largest absolute Gasteiger partial charge is 0.366 e. The Morgan fingerprint density at radius 3 is 2.67 bits per heavy atom. The summed E-state index contributed by atoms with van der Waals surface area (Å²) in [5.74, 6) is 0.560. The summed E-state index contributed by atoms with van der Waals surface area (Å²) in [4.78, 5) is 13.6. The SMILES string of the molecule is CC(C)(C)OCC(=O)N1CCC(CN)C1. The van der Waals surface area contributed by atoms with E-state index in [1.807, 2.05) is 25.7 Å². The third-order valence-electron chi connectivity index (χ3n) is 2.60. The number of ether oxygens (including phenoxy) is 1. The van der Waals surface area contributed by atoms with Crippen LogP contribution in [-0.4, -0.2) is 42.6 Å². The zero-order chi connectivity index (χ0) is 11.5. The average molecular weight is 214 g/mol. The van der Waals surface area contributed by atoms with Gasteiger partial charge in [-0.25, -0.2) is 0 Å². The number of amides is 1. The Hall–Kier alpha value is -0.610. The van der Waals surface area contributed by atoms with Gasteiger partial charge in [-0.3, -0.25) is 4.79 Å². The molecule has 1 fully saturated rings. The first-order valence-electron chi connectivity index (χ1n) is 5.54. The predicted molar refractivity (Wildman–Crippen MR) is 59.4 cm³/mol. The third-order valence-corrected chi connectivity index (χ3v) is 2.60. The van der Waals surface area contributed by atoms with Crippen LogP contribution < -0.4 is 5.73 Å². The van der Waals surface area contributed by atoms with Crippen LogP contribution in [0.4, 0.5) is 0 Å². The molecule has 0 bridgehead atoms. The monoisotopic (exact) mass is 214 g/mol. The molecule has 0 aliphatic carbocycles. The highest BCUT2D eigenvalue weighted by molar-refractivity contribution is 5.77. The fraction of sp³-hybridized carbons (Fsp3) is 0.909. The van der Waals surface area contributed by atoms with E-state index in [9.17, 15) is 4.79 Å². The molecule has 4 nitrogen and oxygen atoms in total. The van der Waals surface area contributed by atoms with Crippen LogP contribution in [0.1, 0.15) is 27.2 Å². The molecule has 0 aromatic heterocycles. The second kappa shape index (κ2) is 4.94. The van der Waals surface area contributed by atoms with Gasteiger partial charge in [0.15, 0.2) is 0 Å². The molecular weight excluding hydrogens is 192 g/mol. The lowest BCUT2D eigenvalue weighted by molar-refractivity contribution is -0.140. The summed E-state index contributed by atoms with van der Waals surface area (Å²) in [6.07, 6.45) is 1.03. The topological polar surface area (TPSA) is 55.6 Å². The highest BCUT2D eigenvalue weighted by atomic mass is 16.5. The Bertz CT molecular complexity index is 223. The molecule has 0 radical (unpaired) electrons. The molecular formula is C11H22N2O2. The summed E-state index contributed by atoms with van der Waals surface area (Å²) in [6, 6.07) is 0. The molecule has 1 saturated heterocycles. The number of nitrogens with two attached hydrogens (primary N) is 1. The van der Waals surface area contributed by atoms with E-state index in [2.05, 4.69) is 0 Å². The van der Waals surface area contributed by atoms with Gasteiger partial charge in [0.25, 0.3) is 0 Å². The minimum atomic E-state index is -0.247. The Morgan fingerprint density at radius 2 is 2.20 bits per heavy atom. The lowest BCUT2D eigenvalue weighted by Crippen LogP contribution is -2.35. The van der Waals surface area contributed by atoms with Crippen molar-refractivity contribution >= 4 is 5.91 Å². The Morgan fingerprint density at radius 1 is 1.53 bits per heavy atom. The van der Waals surface area contributed by atoms with Crippen molar-refractivity contribution in [2.75, 3.05) is 26.2 Å². The Labute approximate surface area is 91.8 Å². The molecule has 88 valence electrons. The van der Waals surface area contributed by atoms with E-state index < -0.39 is 0 Å². The van der Waals surface area contributed by atoms with Crippen molar-refractivity contribution in [1.82, 2.24) is 4.90 Å². The molecule has 1 rings (SSSR count). The molecule has 2 N–H and O–H groups in total. The van der Waals surface area contributed by atoms with Gasteiger partial charge in [0.1, 0.15) is 6.61 Å². The number of carbonyl (C=O) groups is 1. The highest BCUT2D eigenvalue weighted by Gasteiger charge is 2.26. The average Bonchev–Trinajstić information content (AvgIpc) is 2.61. The van der Waals surface area contributed by atoms with Crippen molar-refractivity contribution in [2.45, 2.75) is 32.8 Å². The second-order valence-electron chi connectivity index (χ2n) is 5.13. The quantitative estimate of drug-likeness (QED) is 0.749. The van der Waals surface area contributed by atoms with Gasteiger partial charge in [0, 0.05) is 13.1 Å². The van der Waals surface area contributed by atoms with Gasteiger partial charge >= 0.3 is 0 Å². The lowest BCUT2D eigenvalue weighted by atomic mass is 10.1. The van der Waals surface area contributed by atoms with Gasteiger partial charge in [0.05, 0.1) is 5.60 Å². The maximum absolute atomic E-state index is 11.7. The molecule has 1 aliphatic heterocycles. The minimum Gasteiger partial charge on any atom is -0.366 e. The van der Waals surface area contributed by atoms with Crippen LogP contribution in [-0.2, 0) is 9.53 Å². The second-order valence-corrected chi connectivity index (χ2v) is 5.13. The first-order valence-corrected chi connectivity index (χ1v) is 5.54. The van der Waals surface area contributed by atoms with Crippen molar-refractivity contribution in [2.24, 2.45) is 11.7 Å². The zero-order valence-electron chi connectivity index (χ0n) is 9.95. The van der Waals surface area contributed by atoms with E-state index in [-0.39, 0.29) is 18.1 Å². The molecule has 1 unspecified atom stereocenters. The first kappa shape index (κ1) is 12.5. The molecule has 0 aromatic carbocycles. The summed E-state index contributed by atoms with van der Waals surface area (Å²) >= 11 is 0. The molecule has 1 heterocycles. The lowest BCUT2D eigenvalue weighted by Gasteiger charge is -2.22. The van der Waals surface area contributed by atoms with Gasteiger partial charge in [-0.15, -0.1) is 0 Å².